The van der Waals surface area contributed by atoms with Gasteiger partial charge in [-0.1, -0.05) is 0 Å². The standard InChI is InChI=1S/C11H18N6O4/c1-11(13)7-8(15-10(12)16-11)17(3-14-7)9-6(20)5(19)4(2-18)21-9/h4-6,9,18-20H,2-3,13H2,1H3,(H2,12,16)/t4-,5-,6-,9-,11?/m1/s1. The van der Waals surface area contributed by atoms with Crippen LogP contribution in [-0.2, 0) is 4.74 Å². The van der Waals surface area contributed by atoms with Crippen molar-refractivity contribution >= 4 is 17.5 Å². The van der Waals surface area contributed by atoms with Gasteiger partial charge in [-0.3, -0.25) is 4.99 Å². The van der Waals surface area contributed by atoms with Crippen LogP contribution in [0.15, 0.2) is 15.0 Å². The van der Waals surface area contributed by atoms with Crippen LogP contribution in [0.4, 0.5) is 0 Å². The Kier molecular flexibility index (Phi) is 3.22. The highest BCUT2D eigenvalue weighted by Crippen LogP contribution is 2.28. The van der Waals surface area contributed by atoms with E-state index >= 15 is 0 Å². The van der Waals surface area contributed by atoms with Gasteiger partial charge in [0.25, 0.3) is 0 Å². The number of nitrogens with zero attached hydrogens (tertiary/aromatic N) is 4. The Morgan fingerprint density at radius 1 is 1.43 bits per heavy atom. The van der Waals surface area contributed by atoms with E-state index < -0.39 is 36.8 Å². The number of rotatable bonds is 2. The minimum absolute atomic E-state index is 0.00703. The predicted octanol–water partition coefficient (Wildman–Crippen LogP) is -3.46. The van der Waals surface area contributed by atoms with Gasteiger partial charge in [-0.25, -0.2) is 4.99 Å². The smallest absolute Gasteiger partial charge is 0.219 e. The van der Waals surface area contributed by atoms with Crippen molar-refractivity contribution in [3.8, 4) is 0 Å². The lowest BCUT2D eigenvalue weighted by atomic mass is 10.1. The van der Waals surface area contributed by atoms with E-state index in [0.29, 0.717) is 11.5 Å². The highest BCUT2D eigenvalue weighted by Gasteiger charge is 2.50. The van der Waals surface area contributed by atoms with E-state index in [9.17, 15) is 10.2 Å². The first-order valence-electron chi connectivity index (χ1n) is 6.52. The van der Waals surface area contributed by atoms with Gasteiger partial charge in [0.2, 0.25) is 5.96 Å². The van der Waals surface area contributed by atoms with E-state index in [1.165, 1.54) is 0 Å². The lowest BCUT2D eigenvalue weighted by Gasteiger charge is -2.31. The number of aliphatic hydroxyl groups is 3. The van der Waals surface area contributed by atoms with Gasteiger partial charge in [0, 0.05) is 0 Å². The summed E-state index contributed by atoms with van der Waals surface area (Å²) >= 11 is 0. The molecule has 5 atom stereocenters. The fourth-order valence-electron chi connectivity index (χ4n) is 2.69. The molecule has 21 heavy (non-hydrogen) atoms. The first kappa shape index (κ1) is 14.4. The van der Waals surface area contributed by atoms with Crippen LogP contribution in [-0.4, -0.2) is 81.2 Å². The summed E-state index contributed by atoms with van der Waals surface area (Å²) in [6.45, 7) is 1.39. The van der Waals surface area contributed by atoms with E-state index in [1.54, 1.807) is 11.8 Å². The average Bonchev–Trinajstić information content (AvgIpc) is 2.93. The van der Waals surface area contributed by atoms with Crippen LogP contribution in [0.3, 0.4) is 0 Å². The normalized spacial score (nSPS) is 42.5. The van der Waals surface area contributed by atoms with Crippen molar-refractivity contribution in [2.24, 2.45) is 26.4 Å². The molecule has 0 aliphatic carbocycles. The Morgan fingerprint density at radius 2 is 2.14 bits per heavy atom. The summed E-state index contributed by atoms with van der Waals surface area (Å²) in [6.07, 6.45) is -4.15. The van der Waals surface area contributed by atoms with Crippen LogP contribution in [0.2, 0.25) is 0 Å². The first-order chi connectivity index (χ1) is 9.85. The quantitative estimate of drug-likeness (QED) is 0.354. The molecular formula is C11H18N6O4. The molecule has 3 rings (SSSR count). The van der Waals surface area contributed by atoms with Gasteiger partial charge in [0.05, 0.1) is 6.61 Å². The molecule has 3 aliphatic rings. The lowest BCUT2D eigenvalue weighted by Crippen LogP contribution is -2.55. The fourth-order valence-corrected chi connectivity index (χ4v) is 2.69. The second-order valence-corrected chi connectivity index (χ2v) is 5.40. The SMILES string of the molecule is CC1(N)N=C(N)N=C2C1=NCN2[C@@H]1O[C@H](CO)[C@@H](O)[C@H]1O. The highest BCUT2D eigenvalue weighted by molar-refractivity contribution is 6.47. The van der Waals surface area contributed by atoms with Crippen molar-refractivity contribution in [3.05, 3.63) is 0 Å². The molecule has 0 amide bonds. The number of hydrogen-bond donors (Lipinski definition) is 5. The highest BCUT2D eigenvalue weighted by atomic mass is 16.6. The van der Waals surface area contributed by atoms with E-state index in [1.807, 2.05) is 0 Å². The van der Waals surface area contributed by atoms with Gasteiger partial charge in [0.15, 0.2) is 17.7 Å². The second kappa shape index (κ2) is 4.71. The summed E-state index contributed by atoms with van der Waals surface area (Å²) in [6, 6.07) is 0. The molecule has 10 heteroatoms. The predicted molar refractivity (Wildman–Crippen MR) is 73.6 cm³/mol. The minimum Gasteiger partial charge on any atom is -0.394 e. The third kappa shape index (κ3) is 2.12. The van der Waals surface area contributed by atoms with E-state index in [-0.39, 0.29) is 12.6 Å². The van der Waals surface area contributed by atoms with Crippen molar-refractivity contribution in [1.29, 1.82) is 0 Å². The summed E-state index contributed by atoms with van der Waals surface area (Å²) < 4.78 is 5.47. The molecule has 10 nitrogen and oxygen atoms in total. The van der Waals surface area contributed by atoms with Crippen LogP contribution >= 0.6 is 0 Å². The third-order valence-corrected chi connectivity index (χ3v) is 3.74. The number of nitrogens with two attached hydrogens (primary N) is 2. The molecular weight excluding hydrogens is 280 g/mol. The van der Waals surface area contributed by atoms with Gasteiger partial charge in [0.1, 0.15) is 30.7 Å². The van der Waals surface area contributed by atoms with Crippen LogP contribution in [0, 0.1) is 0 Å². The van der Waals surface area contributed by atoms with Crippen molar-refractivity contribution in [3.63, 3.8) is 0 Å². The van der Waals surface area contributed by atoms with Gasteiger partial charge in [-0.05, 0) is 6.92 Å². The number of ether oxygens (including phenoxy) is 1. The Balaban J connectivity index is 1.89. The van der Waals surface area contributed by atoms with Crippen molar-refractivity contribution < 1.29 is 20.1 Å². The molecule has 0 bridgehead atoms. The summed E-state index contributed by atoms with van der Waals surface area (Å²) in [7, 11) is 0. The summed E-state index contributed by atoms with van der Waals surface area (Å²) in [5.41, 5.74) is 11.0. The molecule has 3 heterocycles. The number of guanidine groups is 1. The largest absolute Gasteiger partial charge is 0.394 e. The van der Waals surface area contributed by atoms with Crippen molar-refractivity contribution in [2.45, 2.75) is 37.1 Å². The van der Waals surface area contributed by atoms with Gasteiger partial charge < -0.3 is 36.4 Å². The molecule has 0 aromatic heterocycles. The molecule has 3 aliphatic heterocycles. The number of aliphatic imine (C=N–C) groups is 3. The van der Waals surface area contributed by atoms with Crippen LogP contribution < -0.4 is 11.5 Å². The molecule has 1 unspecified atom stereocenters. The molecule has 0 saturated carbocycles. The first-order valence-corrected chi connectivity index (χ1v) is 6.52. The molecule has 0 spiro atoms. The van der Waals surface area contributed by atoms with E-state index in [4.69, 9.17) is 21.3 Å². The van der Waals surface area contributed by atoms with Gasteiger partial charge in [-0.15, -0.1) is 0 Å². The van der Waals surface area contributed by atoms with Crippen LogP contribution in [0.25, 0.3) is 0 Å². The van der Waals surface area contributed by atoms with Crippen molar-refractivity contribution in [1.82, 2.24) is 4.90 Å². The average molecular weight is 298 g/mol. The van der Waals surface area contributed by atoms with Gasteiger partial charge in [-0.2, -0.15) is 4.99 Å². The molecule has 0 aromatic rings. The molecule has 0 radical (unpaired) electrons. The van der Waals surface area contributed by atoms with Gasteiger partial charge >= 0.3 is 0 Å². The maximum atomic E-state index is 10.1. The topological polar surface area (TPSA) is 162 Å². The van der Waals surface area contributed by atoms with Crippen LogP contribution in [0.1, 0.15) is 6.92 Å². The fraction of sp³-hybridized carbons (Fsp3) is 0.727. The Morgan fingerprint density at radius 3 is 2.76 bits per heavy atom. The number of amidine groups is 1. The molecule has 0 aromatic carbocycles. The zero-order valence-corrected chi connectivity index (χ0v) is 11.4. The maximum absolute atomic E-state index is 10.1. The third-order valence-electron chi connectivity index (χ3n) is 3.74. The number of fused-ring (bicyclic) bond motifs is 1. The zero-order valence-electron chi connectivity index (χ0n) is 11.4. The second-order valence-electron chi connectivity index (χ2n) is 5.40. The Hall–Kier alpha value is -1.59. The van der Waals surface area contributed by atoms with Crippen LogP contribution in [0.5, 0.6) is 0 Å². The monoisotopic (exact) mass is 298 g/mol. The zero-order chi connectivity index (χ0) is 15.4. The lowest BCUT2D eigenvalue weighted by molar-refractivity contribution is -0.0688. The maximum Gasteiger partial charge on any atom is 0.219 e. The Bertz CT molecular complexity index is 545. The molecule has 116 valence electrons. The van der Waals surface area contributed by atoms with E-state index in [0.717, 1.165) is 0 Å². The summed E-state index contributed by atoms with van der Waals surface area (Å²) in [4.78, 5) is 13.9. The number of hydrogen-bond acceptors (Lipinski definition) is 10. The summed E-state index contributed by atoms with van der Waals surface area (Å²) in [5.74, 6) is 0.370. The molecule has 7 N–H and O–H groups in total. The number of aliphatic hydroxyl groups excluding tert-OH is 3. The molecule has 1 saturated heterocycles. The minimum atomic E-state index is -1.21. The Labute approximate surface area is 120 Å². The van der Waals surface area contributed by atoms with Crippen molar-refractivity contribution in [2.75, 3.05) is 13.3 Å². The molecule has 1 fully saturated rings. The van der Waals surface area contributed by atoms with E-state index in [2.05, 4.69) is 15.0 Å². The summed E-state index contributed by atoms with van der Waals surface area (Å²) in [5, 5.41) is 29.0.